The second-order valence-corrected chi connectivity index (χ2v) is 9.98. The van der Waals surface area contributed by atoms with E-state index in [1.165, 1.54) is 18.2 Å². The maximum Gasteiger partial charge on any atom is 0.387 e. The predicted octanol–water partition coefficient (Wildman–Crippen LogP) is 2.92. The van der Waals surface area contributed by atoms with Crippen LogP contribution in [0.1, 0.15) is 26.3 Å². The number of ether oxygens (including phenoxy) is 1. The molecule has 2 rings (SSSR count). The molecule has 1 saturated heterocycles. The van der Waals surface area contributed by atoms with E-state index in [1.54, 1.807) is 13.8 Å². The number of nitrogens with zero attached hydrogens (tertiary/aromatic N) is 2. The fraction of sp³-hybridized carbons (Fsp3) is 0.588. The molecule has 0 saturated carbocycles. The van der Waals surface area contributed by atoms with Crippen LogP contribution in [0.3, 0.4) is 0 Å². The summed E-state index contributed by atoms with van der Waals surface area (Å²) in [6.45, 7) is 3.56. The van der Waals surface area contributed by atoms with Gasteiger partial charge < -0.3 is 15.0 Å². The average Bonchev–Trinajstić information content (AvgIpc) is 2.56. The van der Waals surface area contributed by atoms with Gasteiger partial charge in [-0.3, -0.25) is 0 Å². The molecule has 6 nitrogen and oxygen atoms in total. The lowest BCUT2D eigenvalue weighted by Crippen LogP contribution is -2.57. The van der Waals surface area contributed by atoms with E-state index in [-0.39, 0.29) is 24.6 Å². The van der Waals surface area contributed by atoms with Crippen molar-refractivity contribution in [1.29, 1.82) is 0 Å². The van der Waals surface area contributed by atoms with Crippen LogP contribution >= 0.6 is 11.6 Å². The van der Waals surface area contributed by atoms with Crippen molar-refractivity contribution in [2.45, 2.75) is 38.7 Å². The molecule has 27 heavy (non-hydrogen) atoms. The highest BCUT2D eigenvalue weighted by Gasteiger charge is 2.40. The molecule has 0 aromatic heterocycles. The maximum atomic E-state index is 12.6. The van der Waals surface area contributed by atoms with Crippen LogP contribution in [0.15, 0.2) is 23.2 Å². The van der Waals surface area contributed by atoms with Crippen LogP contribution in [0.25, 0.3) is 0 Å². The highest BCUT2D eigenvalue weighted by atomic mass is 35.5. The van der Waals surface area contributed by atoms with Crippen LogP contribution < -0.4 is 10.1 Å². The van der Waals surface area contributed by atoms with Gasteiger partial charge in [-0.2, -0.15) is 8.78 Å². The lowest BCUT2D eigenvalue weighted by atomic mass is 10.2. The third-order valence-corrected chi connectivity index (χ3v) is 7.08. The summed E-state index contributed by atoms with van der Waals surface area (Å²) in [5.41, 5.74) is 0.419. The summed E-state index contributed by atoms with van der Waals surface area (Å²) < 4.78 is 53.2. The number of rotatable bonds is 5. The van der Waals surface area contributed by atoms with Gasteiger partial charge in [0.2, 0.25) is 0 Å². The molecule has 1 aromatic rings. The molecule has 10 heteroatoms. The number of hydrogen-bond donors (Lipinski definition) is 1. The van der Waals surface area contributed by atoms with E-state index in [9.17, 15) is 17.2 Å². The highest BCUT2D eigenvalue weighted by Crippen LogP contribution is 2.26. The Morgan fingerprint density at radius 2 is 2.15 bits per heavy atom. The molecule has 0 amide bonds. The lowest BCUT2D eigenvalue weighted by molar-refractivity contribution is -0.0504. The van der Waals surface area contributed by atoms with Crippen LogP contribution in [0.4, 0.5) is 8.78 Å². The Morgan fingerprint density at radius 3 is 2.74 bits per heavy atom. The molecular weight excluding hydrogens is 400 g/mol. The number of guanidine groups is 1. The van der Waals surface area contributed by atoms with Crippen LogP contribution in [-0.4, -0.2) is 56.0 Å². The van der Waals surface area contributed by atoms with Crippen molar-refractivity contribution in [2.24, 2.45) is 4.99 Å². The first kappa shape index (κ1) is 21.7. The summed E-state index contributed by atoms with van der Waals surface area (Å²) >= 11 is 5.96. The van der Waals surface area contributed by atoms with Crippen molar-refractivity contribution < 1.29 is 21.9 Å². The molecule has 1 aliphatic heterocycles. The van der Waals surface area contributed by atoms with Crippen molar-refractivity contribution in [3.8, 4) is 5.75 Å². The molecule has 1 heterocycles. The third kappa shape index (κ3) is 5.44. The standard InChI is InChI=1S/C17H24ClF2N3O3S/c1-4-21-16(23-7-8-27(24,25)17(2,3)11-23)22-10-12-9-13(18)5-6-14(12)26-15(19)20/h5-6,9,15H,4,7-8,10-11H2,1-3H3,(H,21,22). The summed E-state index contributed by atoms with van der Waals surface area (Å²) in [5.74, 6) is 0.556. The summed E-state index contributed by atoms with van der Waals surface area (Å²) in [7, 11) is -3.18. The van der Waals surface area contributed by atoms with E-state index in [1.807, 2.05) is 11.8 Å². The van der Waals surface area contributed by atoms with Gasteiger partial charge >= 0.3 is 6.61 Å². The van der Waals surface area contributed by atoms with Crippen molar-refractivity contribution in [1.82, 2.24) is 10.2 Å². The van der Waals surface area contributed by atoms with Gasteiger partial charge in [0, 0.05) is 30.2 Å². The maximum absolute atomic E-state index is 12.6. The normalized spacial score (nSPS) is 19.2. The Bertz CT molecular complexity index is 801. The molecule has 1 aromatic carbocycles. The number of benzene rings is 1. The first-order chi connectivity index (χ1) is 12.6. The van der Waals surface area contributed by atoms with Gasteiger partial charge in [0.05, 0.1) is 17.0 Å². The van der Waals surface area contributed by atoms with Crippen molar-refractivity contribution >= 4 is 27.4 Å². The molecule has 1 N–H and O–H groups in total. The van der Waals surface area contributed by atoms with Crippen LogP contribution in [0.2, 0.25) is 5.02 Å². The van der Waals surface area contributed by atoms with Crippen molar-refractivity contribution in [3.63, 3.8) is 0 Å². The van der Waals surface area contributed by atoms with Crippen LogP contribution in [0.5, 0.6) is 5.75 Å². The second kappa shape index (κ2) is 8.60. The quantitative estimate of drug-likeness (QED) is 0.582. The average molecular weight is 424 g/mol. The Kier molecular flexibility index (Phi) is 6.91. The zero-order valence-corrected chi connectivity index (χ0v) is 17.1. The number of aliphatic imine (C=N–C) groups is 1. The van der Waals surface area contributed by atoms with Gasteiger partial charge in [-0.25, -0.2) is 13.4 Å². The largest absolute Gasteiger partial charge is 0.434 e. The summed E-state index contributed by atoms with van der Waals surface area (Å²) in [6, 6.07) is 4.37. The predicted molar refractivity (Wildman–Crippen MR) is 102 cm³/mol. The van der Waals surface area contributed by atoms with Gasteiger partial charge in [0.25, 0.3) is 0 Å². The Balaban J connectivity index is 2.25. The summed E-state index contributed by atoms with van der Waals surface area (Å²) in [6.07, 6.45) is 0. The van der Waals surface area contributed by atoms with Gasteiger partial charge in [0.1, 0.15) is 5.75 Å². The van der Waals surface area contributed by atoms with Crippen molar-refractivity contribution in [3.05, 3.63) is 28.8 Å². The SMILES string of the molecule is CCNC(=NCc1cc(Cl)ccc1OC(F)F)N1CCS(=O)(=O)C(C)(C)C1. The second-order valence-electron chi connectivity index (χ2n) is 6.80. The molecular formula is C17H24ClF2N3O3S. The number of nitrogens with one attached hydrogen (secondary N) is 1. The minimum absolute atomic E-state index is 0.00977. The fourth-order valence-electron chi connectivity index (χ4n) is 2.79. The van der Waals surface area contributed by atoms with E-state index in [2.05, 4.69) is 15.0 Å². The minimum atomic E-state index is -3.18. The van der Waals surface area contributed by atoms with Gasteiger partial charge in [0.15, 0.2) is 15.8 Å². The fourth-order valence-corrected chi connectivity index (χ4v) is 4.35. The Labute approximate surface area is 163 Å². The third-order valence-electron chi connectivity index (χ3n) is 4.32. The topological polar surface area (TPSA) is 71.0 Å². The van der Waals surface area contributed by atoms with Gasteiger partial charge in [-0.05, 0) is 39.0 Å². The number of sulfone groups is 1. The van der Waals surface area contributed by atoms with Crippen LogP contribution in [0, 0.1) is 0 Å². The van der Waals surface area contributed by atoms with E-state index in [4.69, 9.17) is 11.6 Å². The van der Waals surface area contributed by atoms with Gasteiger partial charge in [-0.1, -0.05) is 11.6 Å². The molecule has 0 spiro atoms. The van der Waals surface area contributed by atoms with Crippen molar-refractivity contribution in [2.75, 3.05) is 25.4 Å². The number of halogens is 3. The molecule has 0 radical (unpaired) electrons. The molecule has 0 unspecified atom stereocenters. The lowest BCUT2D eigenvalue weighted by Gasteiger charge is -2.39. The summed E-state index contributed by atoms with van der Waals surface area (Å²) in [5, 5.41) is 3.51. The molecule has 0 atom stereocenters. The number of hydrogen-bond acceptors (Lipinski definition) is 4. The molecule has 1 fully saturated rings. The molecule has 1 aliphatic rings. The zero-order chi connectivity index (χ0) is 20.2. The number of alkyl halides is 2. The monoisotopic (exact) mass is 423 g/mol. The Hall–Kier alpha value is -1.61. The smallest absolute Gasteiger partial charge is 0.387 e. The molecule has 0 bridgehead atoms. The van der Waals surface area contributed by atoms with E-state index in [0.29, 0.717) is 29.6 Å². The van der Waals surface area contributed by atoms with Gasteiger partial charge in [-0.15, -0.1) is 0 Å². The molecule has 0 aliphatic carbocycles. The summed E-state index contributed by atoms with van der Waals surface area (Å²) in [4.78, 5) is 6.35. The Morgan fingerprint density at radius 1 is 1.44 bits per heavy atom. The van der Waals surface area contributed by atoms with Crippen LogP contribution in [-0.2, 0) is 16.4 Å². The first-order valence-electron chi connectivity index (χ1n) is 8.54. The van der Waals surface area contributed by atoms with E-state index in [0.717, 1.165) is 0 Å². The van der Waals surface area contributed by atoms with E-state index >= 15 is 0 Å². The van der Waals surface area contributed by atoms with E-state index < -0.39 is 21.2 Å². The minimum Gasteiger partial charge on any atom is -0.434 e. The highest BCUT2D eigenvalue weighted by molar-refractivity contribution is 7.92. The first-order valence-corrected chi connectivity index (χ1v) is 10.6. The zero-order valence-electron chi connectivity index (χ0n) is 15.5. The molecule has 152 valence electrons.